The fraction of sp³-hybridized carbons (Fsp3) is 1.00. The van der Waals surface area contributed by atoms with Crippen molar-refractivity contribution in [2.24, 2.45) is 63.5 Å². The molecule has 0 bridgehead atoms. The van der Waals surface area contributed by atoms with Crippen LogP contribution in [-0.4, -0.2) is 70.0 Å². The van der Waals surface area contributed by atoms with Crippen LogP contribution in [0.2, 0.25) is 0 Å². The number of nitrogens with two attached hydrogens (primary N) is 3. The van der Waals surface area contributed by atoms with Crippen LogP contribution in [0.4, 0.5) is 0 Å². The van der Waals surface area contributed by atoms with E-state index in [0.29, 0.717) is 61.2 Å². The summed E-state index contributed by atoms with van der Waals surface area (Å²) < 4.78 is 19.5. The molecule has 0 aliphatic heterocycles. The summed E-state index contributed by atoms with van der Waals surface area (Å²) in [5, 5.41) is 9.81. The van der Waals surface area contributed by atoms with Gasteiger partial charge in [-0.15, -0.1) is 0 Å². The minimum atomic E-state index is 0.0870. The maximum atomic E-state index is 9.81. The van der Waals surface area contributed by atoms with Crippen LogP contribution in [0.3, 0.4) is 0 Å². The van der Waals surface area contributed by atoms with Crippen molar-refractivity contribution in [3.8, 4) is 0 Å². The van der Waals surface area contributed by atoms with Gasteiger partial charge >= 0.3 is 0 Å². The molecule has 0 amide bonds. The molecule has 0 saturated heterocycles. The highest BCUT2D eigenvalue weighted by atomic mass is 16.5. The summed E-state index contributed by atoms with van der Waals surface area (Å²) >= 11 is 0. The third-order valence-corrected chi connectivity index (χ3v) is 11.6. The van der Waals surface area contributed by atoms with E-state index in [2.05, 4.69) is 27.7 Å². The molecule has 0 heterocycles. The molecule has 230 valence electrons. The van der Waals surface area contributed by atoms with E-state index in [9.17, 15) is 5.11 Å². The minimum Gasteiger partial charge on any atom is -0.396 e. The van der Waals surface area contributed by atoms with E-state index in [4.69, 9.17) is 31.4 Å². The summed E-state index contributed by atoms with van der Waals surface area (Å²) in [7, 11) is 0. The van der Waals surface area contributed by atoms with Crippen LogP contribution in [0.25, 0.3) is 0 Å². The minimum absolute atomic E-state index is 0.0870. The fourth-order valence-electron chi connectivity index (χ4n) is 9.14. The first-order chi connectivity index (χ1) is 18.8. The van der Waals surface area contributed by atoms with Gasteiger partial charge in [-0.05, 0) is 125 Å². The highest BCUT2D eigenvalue weighted by molar-refractivity contribution is 5.11. The predicted molar refractivity (Wildman–Crippen MR) is 159 cm³/mol. The van der Waals surface area contributed by atoms with Gasteiger partial charge in [0.15, 0.2) is 0 Å². The van der Waals surface area contributed by atoms with Crippen LogP contribution in [-0.2, 0) is 14.2 Å². The van der Waals surface area contributed by atoms with Crippen LogP contribution in [0, 0.1) is 46.3 Å². The molecule has 7 nitrogen and oxygen atoms in total. The lowest BCUT2D eigenvalue weighted by molar-refractivity contribution is -0.184. The number of hydrogen-bond donors (Lipinski definition) is 4. The normalized spacial score (nSPS) is 39.5. The topological polar surface area (TPSA) is 126 Å². The number of hydrogen-bond acceptors (Lipinski definition) is 7. The van der Waals surface area contributed by atoms with Gasteiger partial charge in [-0.1, -0.05) is 27.7 Å². The van der Waals surface area contributed by atoms with Crippen molar-refractivity contribution in [1.82, 2.24) is 0 Å². The Labute approximate surface area is 239 Å². The van der Waals surface area contributed by atoms with Gasteiger partial charge in [-0.25, -0.2) is 0 Å². The first-order valence-electron chi connectivity index (χ1n) is 16.3. The highest BCUT2D eigenvalue weighted by Gasteiger charge is 2.62. The van der Waals surface area contributed by atoms with Gasteiger partial charge in [0.1, 0.15) is 0 Å². The van der Waals surface area contributed by atoms with Crippen LogP contribution in [0.5, 0.6) is 0 Å². The van der Waals surface area contributed by atoms with Crippen molar-refractivity contribution in [3.63, 3.8) is 0 Å². The van der Waals surface area contributed by atoms with Gasteiger partial charge in [0.05, 0.1) is 12.2 Å². The van der Waals surface area contributed by atoms with Crippen molar-refractivity contribution in [3.05, 3.63) is 0 Å². The first kappa shape index (κ1) is 33.2. The van der Waals surface area contributed by atoms with Gasteiger partial charge in [0.25, 0.3) is 0 Å². The second-order valence-corrected chi connectivity index (χ2v) is 13.7. The Morgan fingerprint density at radius 3 is 2.18 bits per heavy atom. The molecule has 0 aromatic carbocycles. The standard InChI is InChI=1S/C32H63N3O4/c1-23(11-16-36)27-8-9-28-26(22-37-17-5-13-33)29(21-30(32(27,28)4)39-19-7-15-35)31(3)12-10-25(20-24(31)2)38-18-6-14-34/h23-30,36H,5-22,33-35H2,1-4H3/t23?,24?,25-,26?,27?,28+,29+,30+,31+,32-/m1/s1. The van der Waals surface area contributed by atoms with Crippen LogP contribution in [0.1, 0.15) is 91.9 Å². The molecular formula is C32H63N3O4. The molecule has 39 heavy (non-hydrogen) atoms. The molecule has 3 rings (SSSR count). The van der Waals surface area contributed by atoms with E-state index in [1.54, 1.807) is 0 Å². The Hall–Kier alpha value is -0.280. The first-order valence-corrected chi connectivity index (χ1v) is 16.3. The van der Waals surface area contributed by atoms with Crippen molar-refractivity contribution in [2.75, 3.05) is 52.7 Å². The maximum Gasteiger partial charge on any atom is 0.0637 e. The number of rotatable bonds is 17. The molecule has 3 aliphatic carbocycles. The largest absolute Gasteiger partial charge is 0.396 e. The van der Waals surface area contributed by atoms with Gasteiger partial charge in [-0.2, -0.15) is 0 Å². The quantitative estimate of drug-likeness (QED) is 0.198. The summed E-state index contributed by atoms with van der Waals surface area (Å²) in [5.74, 6) is 3.23. The number of aliphatic hydroxyl groups is 1. The monoisotopic (exact) mass is 553 g/mol. The van der Waals surface area contributed by atoms with E-state index in [0.717, 1.165) is 71.4 Å². The zero-order chi connectivity index (χ0) is 28.5. The lowest BCUT2D eigenvalue weighted by Gasteiger charge is -2.60. The average Bonchev–Trinajstić information content (AvgIpc) is 3.28. The van der Waals surface area contributed by atoms with Crippen LogP contribution < -0.4 is 17.2 Å². The zero-order valence-corrected chi connectivity index (χ0v) is 25.8. The van der Waals surface area contributed by atoms with Crippen LogP contribution >= 0.6 is 0 Å². The molecular weight excluding hydrogens is 490 g/mol. The number of aliphatic hydroxyl groups excluding tert-OH is 1. The Kier molecular flexibility index (Phi) is 13.5. The smallest absolute Gasteiger partial charge is 0.0637 e. The van der Waals surface area contributed by atoms with Gasteiger partial charge in [0.2, 0.25) is 0 Å². The number of fused-ring (bicyclic) bond motifs is 1. The van der Waals surface area contributed by atoms with Crippen molar-refractivity contribution in [1.29, 1.82) is 0 Å². The molecule has 3 aliphatic rings. The Bertz CT molecular complexity index is 698. The Balaban J connectivity index is 1.90. The summed E-state index contributed by atoms with van der Waals surface area (Å²) in [6.45, 7) is 15.3. The second kappa shape index (κ2) is 15.8. The SMILES string of the molecule is CC(CCO)C1CC[C@H]2C(COCCCN)[C@@H]([C@@]3(C)CC[C@@H](OCCCN)CC3C)C[C@H](OCCCN)[C@]12C. The van der Waals surface area contributed by atoms with E-state index >= 15 is 0 Å². The van der Waals surface area contributed by atoms with E-state index < -0.39 is 0 Å². The lowest BCUT2D eigenvalue weighted by Crippen LogP contribution is -2.58. The molecule has 0 spiro atoms. The zero-order valence-electron chi connectivity index (χ0n) is 25.8. The molecule has 10 atom stereocenters. The molecule has 0 aromatic heterocycles. The molecule has 3 saturated carbocycles. The highest BCUT2D eigenvalue weighted by Crippen LogP contribution is 2.66. The van der Waals surface area contributed by atoms with E-state index in [1.807, 2.05) is 0 Å². The molecule has 0 aromatic rings. The van der Waals surface area contributed by atoms with E-state index in [-0.39, 0.29) is 23.5 Å². The summed E-state index contributed by atoms with van der Waals surface area (Å²) in [4.78, 5) is 0. The van der Waals surface area contributed by atoms with Gasteiger partial charge in [-0.3, -0.25) is 0 Å². The molecule has 0 radical (unpaired) electrons. The fourth-order valence-corrected chi connectivity index (χ4v) is 9.14. The van der Waals surface area contributed by atoms with Gasteiger partial charge in [0, 0.05) is 38.4 Å². The maximum absolute atomic E-state index is 9.81. The average molecular weight is 554 g/mol. The second-order valence-electron chi connectivity index (χ2n) is 13.7. The Morgan fingerprint density at radius 1 is 0.872 bits per heavy atom. The summed E-state index contributed by atoms with van der Waals surface area (Å²) in [6.07, 6.45) is 11.1. The van der Waals surface area contributed by atoms with Gasteiger partial charge < -0.3 is 36.5 Å². The summed E-state index contributed by atoms with van der Waals surface area (Å²) in [6, 6.07) is 0. The van der Waals surface area contributed by atoms with Crippen LogP contribution in [0.15, 0.2) is 0 Å². The summed E-state index contributed by atoms with van der Waals surface area (Å²) in [5.41, 5.74) is 17.7. The van der Waals surface area contributed by atoms with E-state index in [1.165, 1.54) is 19.3 Å². The number of ether oxygens (including phenoxy) is 3. The molecule has 4 unspecified atom stereocenters. The molecule has 3 fully saturated rings. The molecule has 7 heteroatoms. The third kappa shape index (κ3) is 7.57. The van der Waals surface area contributed by atoms with Crippen molar-refractivity contribution >= 4 is 0 Å². The Morgan fingerprint density at radius 2 is 1.54 bits per heavy atom. The third-order valence-electron chi connectivity index (χ3n) is 11.6. The predicted octanol–water partition coefficient (Wildman–Crippen LogP) is 4.33. The van der Waals surface area contributed by atoms with Crippen molar-refractivity contribution in [2.45, 2.75) is 104 Å². The lowest BCUT2D eigenvalue weighted by atomic mass is 9.47. The molecule has 7 N–H and O–H groups in total. The van der Waals surface area contributed by atoms with Crippen molar-refractivity contribution < 1.29 is 19.3 Å².